The molecule has 0 N–H and O–H groups in total. The number of aryl methyl sites for hydroxylation is 1. The van der Waals surface area contributed by atoms with Crippen LogP contribution in [0.3, 0.4) is 0 Å². The number of carbonyl (C=O) groups is 1. The second-order valence-corrected chi connectivity index (χ2v) is 7.30. The molecule has 2 fully saturated rings. The number of aromatic nitrogens is 2. The van der Waals surface area contributed by atoms with Crippen molar-refractivity contribution >= 4 is 5.91 Å². The topological polar surface area (TPSA) is 47.4 Å². The van der Waals surface area contributed by atoms with E-state index in [2.05, 4.69) is 9.84 Å². The number of halogens is 3. The highest BCUT2D eigenvalue weighted by atomic mass is 19.4. The molecule has 2 aliphatic heterocycles. The smallest absolute Gasteiger partial charge is 0.406 e. The van der Waals surface area contributed by atoms with E-state index >= 15 is 0 Å². The van der Waals surface area contributed by atoms with Crippen molar-refractivity contribution in [1.82, 2.24) is 14.7 Å². The molecular weight excluding hydrogens is 359 g/mol. The Bertz CT molecular complexity index is 835. The number of amides is 1. The quantitative estimate of drug-likeness (QED) is 0.807. The van der Waals surface area contributed by atoms with Crippen LogP contribution in [0.15, 0.2) is 36.7 Å². The minimum Gasteiger partial charge on any atom is -0.406 e. The molecule has 5 nitrogen and oxygen atoms in total. The Hall–Kier alpha value is -2.51. The van der Waals surface area contributed by atoms with Crippen molar-refractivity contribution in [3.05, 3.63) is 47.8 Å². The predicted octanol–water partition coefficient (Wildman–Crippen LogP) is 4.10. The van der Waals surface area contributed by atoms with E-state index in [0.717, 1.165) is 37.3 Å². The van der Waals surface area contributed by atoms with Crippen molar-refractivity contribution in [2.24, 2.45) is 0 Å². The molecule has 0 spiro atoms. The molecule has 8 heteroatoms. The van der Waals surface area contributed by atoms with Crippen LogP contribution in [0.1, 0.15) is 47.6 Å². The second kappa shape index (κ2) is 6.58. The van der Waals surface area contributed by atoms with Crippen LogP contribution in [0.4, 0.5) is 13.2 Å². The van der Waals surface area contributed by atoms with Gasteiger partial charge in [-0.05, 0) is 56.4 Å². The third kappa shape index (κ3) is 3.65. The number of fused-ring (bicyclic) bond motifs is 2. The average Bonchev–Trinajstić information content (AvgIpc) is 3.14. The van der Waals surface area contributed by atoms with E-state index in [4.69, 9.17) is 0 Å². The number of rotatable bonds is 3. The summed E-state index contributed by atoms with van der Waals surface area (Å²) in [7, 11) is 0. The summed E-state index contributed by atoms with van der Waals surface area (Å²) in [5.41, 5.74) is 1.32. The minimum atomic E-state index is -4.78. The van der Waals surface area contributed by atoms with E-state index < -0.39 is 6.36 Å². The largest absolute Gasteiger partial charge is 0.573 e. The Balaban J connectivity index is 1.51. The van der Waals surface area contributed by atoms with Crippen molar-refractivity contribution in [1.29, 1.82) is 0 Å². The van der Waals surface area contributed by atoms with Gasteiger partial charge in [-0.15, -0.1) is 13.2 Å². The highest BCUT2D eigenvalue weighted by Gasteiger charge is 2.44. The third-order valence-corrected chi connectivity index (χ3v) is 5.36. The van der Waals surface area contributed by atoms with Gasteiger partial charge in [-0.1, -0.05) is 6.07 Å². The van der Waals surface area contributed by atoms with Gasteiger partial charge in [-0.25, -0.2) is 0 Å². The number of alkyl halides is 3. The lowest BCUT2D eigenvalue weighted by Crippen LogP contribution is -2.47. The zero-order valence-electron chi connectivity index (χ0n) is 14.8. The summed E-state index contributed by atoms with van der Waals surface area (Å²) in [4.78, 5) is 14.8. The molecule has 3 heterocycles. The lowest BCUT2D eigenvalue weighted by molar-refractivity contribution is -0.274. The Morgan fingerprint density at radius 2 is 1.89 bits per heavy atom. The SMILES string of the molecule is Cc1cnn(C2CC3CCC(C2)N3C(=O)c2cccc(OC(F)(F)F)c2)c1. The summed E-state index contributed by atoms with van der Waals surface area (Å²) < 4.78 is 43.2. The number of carbonyl (C=O) groups excluding carboxylic acids is 1. The van der Waals surface area contributed by atoms with Gasteiger partial charge in [0.05, 0.1) is 12.2 Å². The predicted molar refractivity (Wildman–Crippen MR) is 91.3 cm³/mol. The first-order chi connectivity index (χ1) is 12.8. The van der Waals surface area contributed by atoms with Crippen LogP contribution in [0, 0.1) is 6.92 Å². The van der Waals surface area contributed by atoms with Crippen molar-refractivity contribution in [3.63, 3.8) is 0 Å². The first kappa shape index (κ1) is 17.9. The lowest BCUT2D eigenvalue weighted by Gasteiger charge is -2.39. The van der Waals surface area contributed by atoms with E-state index in [0.29, 0.717) is 0 Å². The Morgan fingerprint density at radius 3 is 2.48 bits per heavy atom. The van der Waals surface area contributed by atoms with Crippen LogP contribution < -0.4 is 4.74 Å². The third-order valence-electron chi connectivity index (χ3n) is 5.36. The number of hydrogen-bond donors (Lipinski definition) is 0. The van der Waals surface area contributed by atoms with Crippen molar-refractivity contribution in [2.75, 3.05) is 0 Å². The summed E-state index contributed by atoms with van der Waals surface area (Å²) in [6.45, 7) is 1.99. The van der Waals surface area contributed by atoms with Crippen LogP contribution in [0.2, 0.25) is 0 Å². The summed E-state index contributed by atoms with van der Waals surface area (Å²) in [6, 6.07) is 5.73. The highest BCUT2D eigenvalue weighted by molar-refractivity contribution is 5.95. The van der Waals surface area contributed by atoms with E-state index in [-0.39, 0.29) is 35.3 Å². The highest BCUT2D eigenvalue weighted by Crippen LogP contribution is 2.41. The number of hydrogen-bond acceptors (Lipinski definition) is 3. The van der Waals surface area contributed by atoms with Crippen LogP contribution in [0.5, 0.6) is 5.75 Å². The number of nitrogens with zero attached hydrogens (tertiary/aromatic N) is 3. The molecule has 1 amide bonds. The maximum Gasteiger partial charge on any atom is 0.573 e. The Kier molecular flexibility index (Phi) is 4.36. The molecule has 144 valence electrons. The van der Waals surface area contributed by atoms with Crippen molar-refractivity contribution < 1.29 is 22.7 Å². The van der Waals surface area contributed by atoms with Crippen molar-refractivity contribution in [2.45, 2.75) is 57.1 Å². The first-order valence-electron chi connectivity index (χ1n) is 8.99. The second-order valence-electron chi connectivity index (χ2n) is 7.30. The molecule has 1 aromatic carbocycles. The first-order valence-corrected chi connectivity index (χ1v) is 8.99. The van der Waals surface area contributed by atoms with E-state index in [1.54, 1.807) is 0 Å². The van der Waals surface area contributed by atoms with Gasteiger partial charge in [-0.3, -0.25) is 9.48 Å². The summed E-state index contributed by atoms with van der Waals surface area (Å²) in [6.07, 6.45) is 2.49. The van der Waals surface area contributed by atoms with Crippen LogP contribution >= 0.6 is 0 Å². The van der Waals surface area contributed by atoms with Crippen LogP contribution in [0.25, 0.3) is 0 Å². The summed E-state index contributed by atoms with van der Waals surface area (Å²) in [5.74, 6) is -0.604. The zero-order valence-corrected chi connectivity index (χ0v) is 14.8. The standard InChI is InChI=1S/C19H20F3N3O2/c1-12-10-23-24(11-12)16-8-14-5-6-15(9-16)25(14)18(26)13-3-2-4-17(7-13)27-19(20,21)22/h2-4,7,10-11,14-16H,5-6,8-9H2,1H3. The molecule has 2 unspecified atom stereocenters. The summed E-state index contributed by atoms with van der Waals surface area (Å²) >= 11 is 0. The normalized spacial score (nSPS) is 24.9. The number of piperidine rings is 1. The van der Waals surface area contributed by atoms with E-state index in [9.17, 15) is 18.0 Å². The molecular formula is C19H20F3N3O2. The van der Waals surface area contributed by atoms with Gasteiger partial charge in [0.25, 0.3) is 5.91 Å². The van der Waals surface area contributed by atoms with Crippen LogP contribution in [-0.2, 0) is 0 Å². The minimum absolute atomic E-state index is 0.0814. The fourth-order valence-corrected chi connectivity index (χ4v) is 4.30. The van der Waals surface area contributed by atoms with Gasteiger partial charge in [0.2, 0.25) is 0 Å². The molecule has 0 saturated carbocycles. The Morgan fingerprint density at radius 1 is 1.19 bits per heavy atom. The number of benzene rings is 1. The van der Waals surface area contributed by atoms with Gasteiger partial charge < -0.3 is 9.64 Å². The lowest BCUT2D eigenvalue weighted by atomic mass is 9.96. The molecule has 2 atom stereocenters. The molecule has 2 aliphatic rings. The van der Waals surface area contributed by atoms with Crippen LogP contribution in [-0.4, -0.2) is 39.0 Å². The fraction of sp³-hybridized carbons (Fsp3) is 0.474. The van der Waals surface area contributed by atoms with Gasteiger partial charge in [-0.2, -0.15) is 5.10 Å². The molecule has 2 aromatic rings. The molecule has 1 aromatic heterocycles. The maximum absolute atomic E-state index is 13.0. The van der Waals surface area contributed by atoms with Gasteiger partial charge in [0, 0.05) is 23.8 Å². The molecule has 4 rings (SSSR count). The fourth-order valence-electron chi connectivity index (χ4n) is 4.30. The van der Waals surface area contributed by atoms with E-state index in [1.165, 1.54) is 18.2 Å². The van der Waals surface area contributed by atoms with Gasteiger partial charge >= 0.3 is 6.36 Å². The number of ether oxygens (including phenoxy) is 1. The molecule has 2 saturated heterocycles. The van der Waals surface area contributed by atoms with E-state index in [1.807, 2.05) is 28.9 Å². The average molecular weight is 379 g/mol. The van der Waals surface area contributed by atoms with Gasteiger partial charge in [0.15, 0.2) is 0 Å². The molecule has 0 aliphatic carbocycles. The maximum atomic E-state index is 13.0. The molecule has 2 bridgehead atoms. The zero-order chi connectivity index (χ0) is 19.2. The monoisotopic (exact) mass is 379 g/mol. The van der Waals surface area contributed by atoms with Gasteiger partial charge in [0.1, 0.15) is 5.75 Å². The molecule has 0 radical (unpaired) electrons. The Labute approximate surface area is 154 Å². The molecule has 27 heavy (non-hydrogen) atoms. The summed E-state index contributed by atoms with van der Waals surface area (Å²) in [5, 5.41) is 4.40. The van der Waals surface area contributed by atoms with Crippen molar-refractivity contribution in [3.8, 4) is 5.75 Å².